The molecule has 66 valence electrons. The highest BCUT2D eigenvalue weighted by Crippen LogP contribution is 2.16. The summed E-state index contributed by atoms with van der Waals surface area (Å²) in [5.74, 6) is 0. The van der Waals surface area contributed by atoms with Gasteiger partial charge in [-0.15, -0.1) is 0 Å². The quantitative estimate of drug-likeness (QED) is 0.676. The highest BCUT2D eigenvalue weighted by molar-refractivity contribution is 7.80. The van der Waals surface area contributed by atoms with Gasteiger partial charge in [-0.1, -0.05) is 12.2 Å². The molecule has 0 aliphatic carbocycles. The summed E-state index contributed by atoms with van der Waals surface area (Å²) >= 11 is 4.90. The Labute approximate surface area is 81.8 Å². The average molecular weight is 190 g/mol. The molecule has 0 bridgehead atoms. The second kappa shape index (κ2) is 2.85. The van der Waals surface area contributed by atoms with E-state index in [-0.39, 0.29) is 0 Å². The molecule has 0 unspecified atom stereocenters. The summed E-state index contributed by atoms with van der Waals surface area (Å²) in [7, 11) is 0. The van der Waals surface area contributed by atoms with Crippen molar-refractivity contribution in [2.75, 3.05) is 0 Å². The Morgan fingerprint density at radius 2 is 2.15 bits per heavy atom. The Bertz CT molecular complexity index is 471. The van der Waals surface area contributed by atoms with Crippen molar-refractivity contribution < 1.29 is 0 Å². The summed E-state index contributed by atoms with van der Waals surface area (Å²) in [6.07, 6.45) is 0. The molecule has 1 heterocycles. The first kappa shape index (κ1) is 8.26. The number of thiocarbonyl (C=S) groups is 1. The molecule has 2 aromatic rings. The number of benzene rings is 1. The van der Waals surface area contributed by atoms with Crippen LogP contribution in [0, 0.1) is 6.92 Å². The Morgan fingerprint density at radius 3 is 2.85 bits per heavy atom. The number of aromatic nitrogens is 1. The molecule has 3 N–H and O–H groups in total. The van der Waals surface area contributed by atoms with Crippen molar-refractivity contribution >= 4 is 28.1 Å². The zero-order chi connectivity index (χ0) is 9.42. The van der Waals surface area contributed by atoms with Crippen molar-refractivity contribution in [2.24, 2.45) is 5.73 Å². The third-order valence-corrected chi connectivity index (χ3v) is 2.28. The normalized spacial score (nSPS) is 10.5. The van der Waals surface area contributed by atoms with Crippen LogP contribution in [0.5, 0.6) is 0 Å². The number of aromatic amines is 1. The van der Waals surface area contributed by atoms with E-state index >= 15 is 0 Å². The lowest BCUT2D eigenvalue weighted by Crippen LogP contribution is -2.08. The largest absolute Gasteiger partial charge is 0.389 e. The highest BCUT2D eigenvalue weighted by atomic mass is 32.1. The lowest BCUT2D eigenvalue weighted by molar-refractivity contribution is 1.30. The van der Waals surface area contributed by atoms with E-state index in [4.69, 9.17) is 18.0 Å². The zero-order valence-electron chi connectivity index (χ0n) is 7.29. The first-order valence-electron chi connectivity index (χ1n) is 4.06. The second-order valence-corrected chi connectivity index (χ2v) is 3.56. The molecule has 2 rings (SSSR count). The number of hydrogen-bond donors (Lipinski definition) is 2. The molecule has 0 aliphatic rings. The smallest absolute Gasteiger partial charge is 0.104 e. The Kier molecular flexibility index (Phi) is 1.81. The van der Waals surface area contributed by atoms with Crippen molar-refractivity contribution in [1.29, 1.82) is 0 Å². The summed E-state index contributed by atoms with van der Waals surface area (Å²) in [6, 6.07) is 8.01. The number of nitrogens with two attached hydrogens (primary N) is 1. The Morgan fingerprint density at radius 1 is 1.38 bits per heavy atom. The number of rotatable bonds is 1. The minimum absolute atomic E-state index is 0.445. The van der Waals surface area contributed by atoms with Crippen LogP contribution >= 0.6 is 12.2 Å². The summed E-state index contributed by atoms with van der Waals surface area (Å²) in [6.45, 7) is 2.03. The molecular formula is C10H10N2S. The van der Waals surface area contributed by atoms with E-state index in [1.807, 2.05) is 25.1 Å². The van der Waals surface area contributed by atoms with E-state index in [0.717, 1.165) is 22.2 Å². The zero-order valence-corrected chi connectivity index (χ0v) is 8.11. The molecule has 0 radical (unpaired) electrons. The fourth-order valence-corrected chi connectivity index (χ4v) is 1.56. The lowest BCUT2D eigenvalue weighted by Gasteiger charge is -1.96. The van der Waals surface area contributed by atoms with Crippen molar-refractivity contribution in [2.45, 2.75) is 6.92 Å². The molecule has 0 saturated heterocycles. The fourth-order valence-electron chi connectivity index (χ4n) is 1.43. The molecule has 0 saturated carbocycles. The summed E-state index contributed by atoms with van der Waals surface area (Å²) < 4.78 is 0. The van der Waals surface area contributed by atoms with Crippen LogP contribution in [-0.2, 0) is 0 Å². The van der Waals surface area contributed by atoms with Crippen LogP contribution < -0.4 is 5.73 Å². The van der Waals surface area contributed by atoms with Crippen molar-refractivity contribution in [3.8, 4) is 0 Å². The van der Waals surface area contributed by atoms with Crippen LogP contribution in [-0.4, -0.2) is 9.97 Å². The van der Waals surface area contributed by atoms with Crippen molar-refractivity contribution in [3.05, 3.63) is 35.5 Å². The van der Waals surface area contributed by atoms with Crippen LogP contribution in [0.4, 0.5) is 0 Å². The predicted molar refractivity (Wildman–Crippen MR) is 58.9 cm³/mol. The molecule has 3 heteroatoms. The molecule has 0 amide bonds. The molecule has 0 fully saturated rings. The number of fused-ring (bicyclic) bond motifs is 1. The average Bonchev–Trinajstić information content (AvgIpc) is 2.42. The maximum atomic E-state index is 5.53. The first-order chi connectivity index (χ1) is 6.16. The van der Waals surface area contributed by atoms with Gasteiger partial charge in [0.15, 0.2) is 0 Å². The fraction of sp³-hybridized carbons (Fsp3) is 0.100. The standard InChI is InChI=1S/C10H10N2S/c1-6-4-8-5-7(10(11)13)2-3-9(8)12-6/h2-5,12H,1H3,(H2,11,13). The molecular weight excluding hydrogens is 180 g/mol. The van der Waals surface area contributed by atoms with Crippen LogP contribution in [0.1, 0.15) is 11.3 Å². The molecule has 0 atom stereocenters. The van der Waals surface area contributed by atoms with Gasteiger partial charge in [0.1, 0.15) is 4.99 Å². The van der Waals surface area contributed by atoms with Gasteiger partial charge in [0.25, 0.3) is 0 Å². The summed E-state index contributed by atoms with van der Waals surface area (Å²) in [5.41, 5.74) is 8.72. The van der Waals surface area contributed by atoms with E-state index in [0.29, 0.717) is 4.99 Å². The van der Waals surface area contributed by atoms with Crippen LogP contribution in [0.3, 0.4) is 0 Å². The van der Waals surface area contributed by atoms with Gasteiger partial charge in [-0.2, -0.15) is 0 Å². The predicted octanol–water partition coefficient (Wildman–Crippen LogP) is 2.11. The molecule has 2 nitrogen and oxygen atoms in total. The minimum atomic E-state index is 0.445. The molecule has 1 aromatic heterocycles. The van der Waals surface area contributed by atoms with Gasteiger partial charge in [-0.05, 0) is 31.2 Å². The van der Waals surface area contributed by atoms with E-state index in [1.165, 1.54) is 0 Å². The van der Waals surface area contributed by atoms with Gasteiger partial charge in [0.2, 0.25) is 0 Å². The maximum Gasteiger partial charge on any atom is 0.104 e. The third-order valence-electron chi connectivity index (χ3n) is 2.04. The van der Waals surface area contributed by atoms with Crippen molar-refractivity contribution in [3.63, 3.8) is 0 Å². The van der Waals surface area contributed by atoms with E-state index in [2.05, 4.69) is 11.1 Å². The highest BCUT2D eigenvalue weighted by Gasteiger charge is 2.00. The topological polar surface area (TPSA) is 41.8 Å². The van der Waals surface area contributed by atoms with Crippen LogP contribution in [0.15, 0.2) is 24.3 Å². The third kappa shape index (κ3) is 1.42. The van der Waals surface area contributed by atoms with Gasteiger partial charge >= 0.3 is 0 Å². The van der Waals surface area contributed by atoms with Crippen LogP contribution in [0.2, 0.25) is 0 Å². The van der Waals surface area contributed by atoms with E-state index in [1.54, 1.807) is 0 Å². The van der Waals surface area contributed by atoms with Crippen molar-refractivity contribution in [1.82, 2.24) is 4.98 Å². The maximum absolute atomic E-state index is 5.53. The van der Waals surface area contributed by atoms with Crippen LogP contribution in [0.25, 0.3) is 10.9 Å². The number of nitrogens with one attached hydrogen (secondary N) is 1. The van der Waals surface area contributed by atoms with Gasteiger partial charge in [-0.25, -0.2) is 0 Å². The summed E-state index contributed by atoms with van der Waals surface area (Å²) in [4.78, 5) is 3.69. The Balaban J connectivity index is 2.67. The number of aryl methyl sites for hydroxylation is 1. The summed E-state index contributed by atoms with van der Waals surface area (Å²) in [5, 5.41) is 1.16. The number of hydrogen-bond acceptors (Lipinski definition) is 1. The van der Waals surface area contributed by atoms with E-state index in [9.17, 15) is 0 Å². The second-order valence-electron chi connectivity index (χ2n) is 3.12. The van der Waals surface area contributed by atoms with Gasteiger partial charge in [-0.3, -0.25) is 0 Å². The lowest BCUT2D eigenvalue weighted by atomic mass is 10.1. The molecule has 0 spiro atoms. The van der Waals surface area contributed by atoms with Gasteiger partial charge < -0.3 is 10.7 Å². The molecule has 0 aliphatic heterocycles. The Hall–Kier alpha value is -1.35. The monoisotopic (exact) mass is 190 g/mol. The van der Waals surface area contributed by atoms with Gasteiger partial charge in [0.05, 0.1) is 0 Å². The first-order valence-corrected chi connectivity index (χ1v) is 4.47. The SMILES string of the molecule is Cc1cc2cc(C(N)=S)ccc2[nH]1. The molecule has 1 aromatic carbocycles. The van der Waals surface area contributed by atoms with E-state index < -0.39 is 0 Å². The minimum Gasteiger partial charge on any atom is -0.389 e. The molecule has 13 heavy (non-hydrogen) atoms. The van der Waals surface area contributed by atoms with Gasteiger partial charge in [0, 0.05) is 22.2 Å². The number of H-pyrrole nitrogens is 1.